The van der Waals surface area contributed by atoms with Gasteiger partial charge >= 0.3 is 0 Å². The summed E-state index contributed by atoms with van der Waals surface area (Å²) in [4.78, 5) is 2.35. The molecule has 0 amide bonds. The Balaban J connectivity index is 1.63. The second kappa shape index (κ2) is 10.3. The van der Waals surface area contributed by atoms with Crippen LogP contribution in [0.3, 0.4) is 0 Å². The van der Waals surface area contributed by atoms with Gasteiger partial charge in [0.05, 0.1) is 23.9 Å². The molecule has 0 aliphatic heterocycles. The number of aromatic nitrogens is 2. The van der Waals surface area contributed by atoms with Crippen molar-refractivity contribution in [3.8, 4) is 22.9 Å². The van der Waals surface area contributed by atoms with Crippen LogP contribution in [0.5, 0.6) is 11.6 Å². The zero-order valence-electron chi connectivity index (χ0n) is 21.0. The van der Waals surface area contributed by atoms with Gasteiger partial charge in [0.1, 0.15) is 11.4 Å². The van der Waals surface area contributed by atoms with Gasteiger partial charge in [-0.3, -0.25) is 4.90 Å². The molecular weight excluding hydrogens is 426 g/mol. The number of nitrogens with zero attached hydrogens (tertiary/aromatic N) is 3. The molecule has 1 aliphatic rings. The maximum atomic E-state index is 10.7. The van der Waals surface area contributed by atoms with Gasteiger partial charge in [-0.1, -0.05) is 42.5 Å². The molecule has 1 aliphatic carbocycles. The predicted octanol–water partition coefficient (Wildman–Crippen LogP) is 5.33. The zero-order chi connectivity index (χ0) is 24.3. The SMILES string of the molecule is Cc1cccc(Oc2c(CN(C[C@H](O)COC(C)(C)C)C3CC3)c(-c3ccccc3)nn2C)c1. The molecule has 1 saturated carbocycles. The van der Waals surface area contributed by atoms with Crippen LogP contribution >= 0.6 is 0 Å². The summed E-state index contributed by atoms with van der Waals surface area (Å²) in [5, 5.41) is 15.6. The van der Waals surface area contributed by atoms with Gasteiger partial charge in [0.15, 0.2) is 0 Å². The summed E-state index contributed by atoms with van der Waals surface area (Å²) in [6.45, 7) is 9.60. The molecule has 1 N–H and O–H groups in total. The first-order valence-corrected chi connectivity index (χ1v) is 12.1. The van der Waals surface area contributed by atoms with E-state index in [4.69, 9.17) is 14.6 Å². The molecule has 3 aromatic rings. The third kappa shape index (κ3) is 6.47. The number of hydrogen-bond acceptors (Lipinski definition) is 5. The Morgan fingerprint density at radius 1 is 1.12 bits per heavy atom. The maximum Gasteiger partial charge on any atom is 0.222 e. The van der Waals surface area contributed by atoms with E-state index in [-0.39, 0.29) is 5.60 Å². The van der Waals surface area contributed by atoms with E-state index in [0.29, 0.717) is 25.7 Å². The van der Waals surface area contributed by atoms with Crippen molar-refractivity contribution in [3.63, 3.8) is 0 Å². The van der Waals surface area contributed by atoms with Crippen LogP contribution in [0.15, 0.2) is 54.6 Å². The van der Waals surface area contributed by atoms with E-state index in [2.05, 4.69) is 30.0 Å². The Hall–Kier alpha value is -2.67. The van der Waals surface area contributed by atoms with E-state index in [0.717, 1.165) is 46.9 Å². The molecule has 1 aromatic heterocycles. The number of rotatable bonds is 10. The molecule has 2 aromatic carbocycles. The van der Waals surface area contributed by atoms with Crippen molar-refractivity contribution in [1.82, 2.24) is 14.7 Å². The number of benzene rings is 2. The lowest BCUT2D eigenvalue weighted by atomic mass is 10.1. The lowest BCUT2D eigenvalue weighted by Crippen LogP contribution is -2.37. The van der Waals surface area contributed by atoms with Crippen molar-refractivity contribution in [3.05, 3.63) is 65.7 Å². The molecule has 182 valence electrons. The minimum absolute atomic E-state index is 0.274. The van der Waals surface area contributed by atoms with Crippen molar-refractivity contribution in [2.45, 2.75) is 64.8 Å². The highest BCUT2D eigenvalue weighted by Crippen LogP contribution is 2.37. The molecule has 1 fully saturated rings. The Morgan fingerprint density at radius 3 is 2.50 bits per heavy atom. The van der Waals surface area contributed by atoms with Gasteiger partial charge in [0.25, 0.3) is 0 Å². The fourth-order valence-electron chi connectivity index (χ4n) is 4.10. The summed E-state index contributed by atoms with van der Waals surface area (Å²) >= 11 is 0. The largest absolute Gasteiger partial charge is 0.439 e. The van der Waals surface area contributed by atoms with Crippen LogP contribution in [0.25, 0.3) is 11.3 Å². The highest BCUT2D eigenvalue weighted by Gasteiger charge is 2.33. The van der Waals surface area contributed by atoms with E-state index in [1.165, 1.54) is 0 Å². The molecule has 0 unspecified atom stereocenters. The highest BCUT2D eigenvalue weighted by atomic mass is 16.5. The van der Waals surface area contributed by atoms with Crippen molar-refractivity contribution >= 4 is 0 Å². The first kappa shape index (κ1) is 24.5. The summed E-state index contributed by atoms with van der Waals surface area (Å²) in [6, 6.07) is 18.7. The summed E-state index contributed by atoms with van der Waals surface area (Å²) in [5.74, 6) is 1.52. The zero-order valence-corrected chi connectivity index (χ0v) is 21.0. The average molecular weight is 464 g/mol. The maximum absolute atomic E-state index is 10.7. The van der Waals surface area contributed by atoms with Crippen LogP contribution in [0.1, 0.15) is 44.7 Å². The van der Waals surface area contributed by atoms with Gasteiger partial charge in [-0.2, -0.15) is 5.10 Å². The smallest absolute Gasteiger partial charge is 0.222 e. The van der Waals surface area contributed by atoms with Crippen LogP contribution < -0.4 is 4.74 Å². The molecule has 1 heterocycles. The predicted molar refractivity (Wildman–Crippen MR) is 135 cm³/mol. The molecule has 0 spiro atoms. The van der Waals surface area contributed by atoms with E-state index >= 15 is 0 Å². The van der Waals surface area contributed by atoms with Crippen LogP contribution in [0.4, 0.5) is 0 Å². The molecule has 0 saturated heterocycles. The van der Waals surface area contributed by atoms with E-state index in [9.17, 15) is 5.11 Å². The van der Waals surface area contributed by atoms with Crippen LogP contribution in [0, 0.1) is 6.92 Å². The minimum Gasteiger partial charge on any atom is -0.439 e. The number of aliphatic hydroxyl groups is 1. The molecule has 4 rings (SSSR count). The van der Waals surface area contributed by atoms with Crippen molar-refractivity contribution in [1.29, 1.82) is 0 Å². The molecule has 34 heavy (non-hydrogen) atoms. The van der Waals surface area contributed by atoms with E-state index in [1.807, 2.05) is 68.9 Å². The third-order valence-electron chi connectivity index (χ3n) is 5.92. The first-order chi connectivity index (χ1) is 16.2. The van der Waals surface area contributed by atoms with Gasteiger partial charge in [0, 0.05) is 31.7 Å². The Bertz CT molecular complexity index is 1080. The monoisotopic (exact) mass is 463 g/mol. The van der Waals surface area contributed by atoms with Crippen molar-refractivity contribution < 1.29 is 14.6 Å². The standard InChI is InChI=1S/C28H37N3O3/c1-20-10-9-13-24(16-20)34-27-25(26(29-30(27)5)21-11-7-6-8-12-21)18-31(22-14-15-22)17-23(32)19-33-28(2,3)4/h6-13,16,22-23,32H,14-15,17-19H2,1-5H3/t23-/m0/s1. The van der Waals surface area contributed by atoms with Gasteiger partial charge in [-0.25, -0.2) is 4.68 Å². The lowest BCUT2D eigenvalue weighted by Gasteiger charge is -2.27. The normalized spacial score (nSPS) is 15.0. The van der Waals surface area contributed by atoms with Crippen LogP contribution in [-0.4, -0.2) is 50.7 Å². The summed E-state index contributed by atoms with van der Waals surface area (Å²) in [5.41, 5.74) is 3.87. The Morgan fingerprint density at radius 2 is 1.85 bits per heavy atom. The number of aryl methyl sites for hydroxylation is 2. The average Bonchev–Trinajstić information content (AvgIpc) is 3.59. The summed E-state index contributed by atoms with van der Waals surface area (Å²) < 4.78 is 14.1. The van der Waals surface area contributed by atoms with Gasteiger partial charge in [-0.05, 0) is 58.2 Å². The number of aliphatic hydroxyl groups excluding tert-OH is 1. The van der Waals surface area contributed by atoms with E-state index < -0.39 is 6.10 Å². The van der Waals surface area contributed by atoms with Gasteiger partial charge in [-0.15, -0.1) is 0 Å². The summed E-state index contributed by atoms with van der Waals surface area (Å²) in [7, 11) is 1.93. The number of ether oxygens (including phenoxy) is 2. The quantitative estimate of drug-likeness (QED) is 0.440. The molecule has 0 bridgehead atoms. The van der Waals surface area contributed by atoms with Crippen molar-refractivity contribution in [2.24, 2.45) is 7.05 Å². The lowest BCUT2D eigenvalue weighted by molar-refractivity contribution is -0.0572. The van der Waals surface area contributed by atoms with Crippen LogP contribution in [-0.2, 0) is 18.3 Å². The van der Waals surface area contributed by atoms with Crippen molar-refractivity contribution in [2.75, 3.05) is 13.2 Å². The first-order valence-electron chi connectivity index (χ1n) is 12.1. The molecular formula is C28H37N3O3. The fraction of sp³-hybridized carbons (Fsp3) is 0.464. The molecule has 6 heteroatoms. The minimum atomic E-state index is -0.558. The topological polar surface area (TPSA) is 59.8 Å². The second-order valence-corrected chi connectivity index (χ2v) is 10.3. The Labute approximate surface area is 203 Å². The second-order valence-electron chi connectivity index (χ2n) is 10.3. The van der Waals surface area contributed by atoms with Gasteiger partial charge in [0.2, 0.25) is 5.88 Å². The highest BCUT2D eigenvalue weighted by molar-refractivity contribution is 5.65. The fourth-order valence-corrected chi connectivity index (χ4v) is 4.10. The number of hydrogen-bond donors (Lipinski definition) is 1. The van der Waals surface area contributed by atoms with E-state index in [1.54, 1.807) is 0 Å². The van der Waals surface area contributed by atoms with Crippen LogP contribution in [0.2, 0.25) is 0 Å². The molecule has 6 nitrogen and oxygen atoms in total. The van der Waals surface area contributed by atoms with Gasteiger partial charge < -0.3 is 14.6 Å². The Kier molecular flexibility index (Phi) is 7.41. The third-order valence-corrected chi connectivity index (χ3v) is 5.92. The molecule has 0 radical (unpaired) electrons. The summed E-state index contributed by atoms with van der Waals surface area (Å²) in [6.07, 6.45) is 1.72. The molecule has 1 atom stereocenters.